The fourth-order valence-corrected chi connectivity index (χ4v) is 4.69. The molecule has 4 heteroatoms. The molecule has 140 valence electrons. The molecular formula is C23H20ClF3. The van der Waals surface area contributed by atoms with Crippen molar-refractivity contribution >= 4 is 22.4 Å². The van der Waals surface area contributed by atoms with E-state index in [1.807, 2.05) is 12.1 Å². The van der Waals surface area contributed by atoms with E-state index in [1.165, 1.54) is 18.2 Å². The molecule has 3 aromatic rings. The molecule has 0 radical (unpaired) electrons. The van der Waals surface area contributed by atoms with E-state index in [0.29, 0.717) is 5.56 Å². The van der Waals surface area contributed by atoms with E-state index in [0.717, 1.165) is 47.6 Å². The highest BCUT2D eigenvalue weighted by atomic mass is 35.5. The summed E-state index contributed by atoms with van der Waals surface area (Å²) in [5.41, 5.74) is 2.73. The van der Waals surface area contributed by atoms with Gasteiger partial charge in [0.05, 0.1) is 0 Å². The van der Waals surface area contributed by atoms with Crippen molar-refractivity contribution in [3.05, 3.63) is 81.6 Å². The predicted molar refractivity (Wildman–Crippen MR) is 104 cm³/mol. The SMILES string of the molecule is CCC[C@@H]1CCc2c(ccc3ccc(F)cc23)[C@H]1c1cc(F)c(Cl)c(F)c1. The highest BCUT2D eigenvalue weighted by molar-refractivity contribution is 6.30. The fourth-order valence-electron chi connectivity index (χ4n) is 4.58. The summed E-state index contributed by atoms with van der Waals surface area (Å²) in [4.78, 5) is 0. The molecule has 0 nitrogen and oxygen atoms in total. The number of halogens is 4. The maximum Gasteiger partial charge on any atom is 0.145 e. The van der Waals surface area contributed by atoms with Gasteiger partial charge in [0.25, 0.3) is 0 Å². The van der Waals surface area contributed by atoms with Gasteiger partial charge in [-0.1, -0.05) is 43.1 Å². The molecule has 0 amide bonds. The molecule has 0 aromatic heterocycles. The lowest BCUT2D eigenvalue weighted by Crippen LogP contribution is -2.22. The minimum atomic E-state index is -0.735. The van der Waals surface area contributed by atoms with Crippen molar-refractivity contribution < 1.29 is 13.2 Å². The summed E-state index contributed by atoms with van der Waals surface area (Å²) in [6.07, 6.45) is 3.72. The Kier molecular flexibility index (Phi) is 4.90. The van der Waals surface area contributed by atoms with Gasteiger partial charge in [-0.15, -0.1) is 0 Å². The molecule has 1 aliphatic rings. The highest BCUT2D eigenvalue weighted by Gasteiger charge is 2.32. The summed E-state index contributed by atoms with van der Waals surface area (Å²) >= 11 is 5.69. The van der Waals surface area contributed by atoms with Crippen molar-refractivity contribution in [2.75, 3.05) is 0 Å². The van der Waals surface area contributed by atoms with Crippen LogP contribution >= 0.6 is 11.6 Å². The van der Waals surface area contributed by atoms with Crippen LogP contribution in [0.25, 0.3) is 10.8 Å². The Labute approximate surface area is 162 Å². The van der Waals surface area contributed by atoms with Crippen LogP contribution in [0.3, 0.4) is 0 Å². The Hall–Kier alpha value is -2.00. The number of rotatable bonds is 3. The van der Waals surface area contributed by atoms with E-state index in [9.17, 15) is 13.2 Å². The van der Waals surface area contributed by atoms with Crippen LogP contribution in [0, 0.1) is 23.4 Å². The second-order valence-corrected chi connectivity index (χ2v) is 7.74. The maximum atomic E-state index is 14.2. The highest BCUT2D eigenvalue weighted by Crippen LogP contribution is 2.45. The molecule has 0 heterocycles. The summed E-state index contributed by atoms with van der Waals surface area (Å²) < 4.78 is 42.2. The van der Waals surface area contributed by atoms with Gasteiger partial charge >= 0.3 is 0 Å². The Morgan fingerprint density at radius 2 is 1.70 bits per heavy atom. The van der Waals surface area contributed by atoms with Crippen molar-refractivity contribution in [3.8, 4) is 0 Å². The first kappa shape index (κ1) is 18.4. The van der Waals surface area contributed by atoms with E-state index in [2.05, 4.69) is 6.92 Å². The van der Waals surface area contributed by atoms with Crippen LogP contribution in [-0.4, -0.2) is 0 Å². The second-order valence-electron chi connectivity index (χ2n) is 7.36. The van der Waals surface area contributed by atoms with Crippen molar-refractivity contribution in [1.29, 1.82) is 0 Å². The van der Waals surface area contributed by atoms with Crippen molar-refractivity contribution in [1.82, 2.24) is 0 Å². The topological polar surface area (TPSA) is 0 Å². The van der Waals surface area contributed by atoms with Crippen LogP contribution in [0.4, 0.5) is 13.2 Å². The normalized spacial score (nSPS) is 19.3. The first-order valence-corrected chi connectivity index (χ1v) is 9.73. The number of benzene rings is 3. The predicted octanol–water partition coefficient (Wildman–Crippen LogP) is 7.40. The Morgan fingerprint density at radius 3 is 2.41 bits per heavy atom. The van der Waals surface area contributed by atoms with Crippen LogP contribution in [0.15, 0.2) is 42.5 Å². The fraction of sp³-hybridized carbons (Fsp3) is 0.304. The quantitative estimate of drug-likeness (QED) is 0.410. The summed E-state index contributed by atoms with van der Waals surface area (Å²) in [5, 5.41) is 1.40. The molecule has 4 rings (SSSR count). The molecule has 0 bridgehead atoms. The summed E-state index contributed by atoms with van der Waals surface area (Å²) in [7, 11) is 0. The standard InChI is InChI=1S/C23H20ClF3/c1-2-3-14-6-8-17-18(9-5-13-4-7-16(25)12-19(13)17)22(14)15-10-20(26)23(24)21(27)11-15/h4-5,7,9-12,14,22H,2-3,6,8H2,1H3/t14-,22-/m1/s1. The average Bonchev–Trinajstić information content (AvgIpc) is 2.65. The molecule has 0 N–H and O–H groups in total. The van der Waals surface area contributed by atoms with Crippen LogP contribution in [0.5, 0.6) is 0 Å². The largest absolute Gasteiger partial charge is 0.207 e. The lowest BCUT2D eigenvalue weighted by Gasteiger charge is -2.35. The molecule has 0 aliphatic heterocycles. The van der Waals surface area contributed by atoms with Crippen molar-refractivity contribution in [3.63, 3.8) is 0 Å². The molecule has 2 atom stereocenters. The second kappa shape index (κ2) is 7.20. The minimum absolute atomic E-state index is 0.123. The van der Waals surface area contributed by atoms with E-state index < -0.39 is 16.7 Å². The Morgan fingerprint density at radius 1 is 1.00 bits per heavy atom. The molecule has 0 unspecified atom stereocenters. The van der Waals surface area contributed by atoms with E-state index >= 15 is 0 Å². The molecule has 0 fully saturated rings. The monoisotopic (exact) mass is 388 g/mol. The number of aryl methyl sites for hydroxylation is 1. The van der Waals surface area contributed by atoms with Crippen molar-refractivity contribution in [2.45, 2.75) is 38.5 Å². The first-order chi connectivity index (χ1) is 13.0. The first-order valence-electron chi connectivity index (χ1n) is 9.35. The van der Waals surface area contributed by atoms with Crippen molar-refractivity contribution in [2.24, 2.45) is 5.92 Å². The van der Waals surface area contributed by atoms with Gasteiger partial charge in [0.15, 0.2) is 0 Å². The lowest BCUT2D eigenvalue weighted by atomic mass is 9.69. The van der Waals surface area contributed by atoms with Gasteiger partial charge in [-0.3, -0.25) is 0 Å². The average molecular weight is 389 g/mol. The maximum absolute atomic E-state index is 14.2. The molecule has 0 spiro atoms. The molecular weight excluding hydrogens is 369 g/mol. The zero-order valence-electron chi connectivity index (χ0n) is 15.0. The molecule has 0 saturated carbocycles. The van der Waals surface area contributed by atoms with Crippen LogP contribution < -0.4 is 0 Å². The molecule has 1 aliphatic carbocycles. The summed E-state index contributed by atoms with van der Waals surface area (Å²) in [6.45, 7) is 2.12. The van der Waals surface area contributed by atoms with Crippen LogP contribution in [-0.2, 0) is 6.42 Å². The van der Waals surface area contributed by atoms with Gasteiger partial charge in [0.2, 0.25) is 0 Å². The Balaban J connectivity index is 1.93. The third-order valence-electron chi connectivity index (χ3n) is 5.73. The van der Waals surface area contributed by atoms with E-state index in [1.54, 1.807) is 12.1 Å². The zero-order chi connectivity index (χ0) is 19.1. The van der Waals surface area contributed by atoms with Gasteiger partial charge in [0.1, 0.15) is 22.5 Å². The van der Waals surface area contributed by atoms with Gasteiger partial charge in [-0.2, -0.15) is 0 Å². The van der Waals surface area contributed by atoms with E-state index in [-0.39, 0.29) is 17.7 Å². The van der Waals surface area contributed by atoms with Crippen LogP contribution in [0.1, 0.15) is 48.8 Å². The zero-order valence-corrected chi connectivity index (χ0v) is 15.8. The number of hydrogen-bond acceptors (Lipinski definition) is 0. The Bertz CT molecular complexity index is 989. The van der Waals surface area contributed by atoms with Crippen LogP contribution in [0.2, 0.25) is 5.02 Å². The minimum Gasteiger partial charge on any atom is -0.207 e. The molecule has 3 aromatic carbocycles. The number of fused-ring (bicyclic) bond motifs is 3. The molecule has 27 heavy (non-hydrogen) atoms. The lowest BCUT2D eigenvalue weighted by molar-refractivity contribution is 0.378. The summed E-state index contributed by atoms with van der Waals surface area (Å²) in [6, 6.07) is 11.5. The van der Waals surface area contributed by atoms with Gasteiger partial charge < -0.3 is 0 Å². The smallest absolute Gasteiger partial charge is 0.145 e. The molecule has 0 saturated heterocycles. The van der Waals surface area contributed by atoms with E-state index in [4.69, 9.17) is 11.6 Å². The number of hydrogen-bond donors (Lipinski definition) is 0. The van der Waals surface area contributed by atoms with Gasteiger partial charge in [-0.25, -0.2) is 13.2 Å². The van der Waals surface area contributed by atoms with Gasteiger partial charge in [0, 0.05) is 5.92 Å². The summed E-state index contributed by atoms with van der Waals surface area (Å²) in [5.74, 6) is -1.58. The third-order valence-corrected chi connectivity index (χ3v) is 6.09. The van der Waals surface area contributed by atoms with Gasteiger partial charge in [-0.05, 0) is 76.9 Å². The third kappa shape index (κ3) is 3.23.